The van der Waals surface area contributed by atoms with Gasteiger partial charge in [-0.3, -0.25) is 24.4 Å². The Kier molecular flexibility index (Phi) is 7.61. The molecule has 27 heavy (non-hydrogen) atoms. The van der Waals surface area contributed by atoms with Crippen molar-refractivity contribution in [1.82, 2.24) is 9.97 Å². The normalized spacial score (nSPS) is 11.7. The molecule has 2 rings (SSSR count). The van der Waals surface area contributed by atoms with Crippen molar-refractivity contribution in [3.05, 3.63) is 60.2 Å². The van der Waals surface area contributed by atoms with Crippen LogP contribution >= 0.6 is 0 Å². The first kappa shape index (κ1) is 20.2. The third-order valence-electron chi connectivity index (χ3n) is 3.98. The van der Waals surface area contributed by atoms with E-state index in [1.807, 2.05) is 0 Å². The molecular weight excluding hydrogens is 348 g/mol. The number of Topliss-reactive ketones (excluding diaryl/α,β-unsaturated/α-hetero) is 1. The molecule has 7 nitrogen and oxygen atoms in total. The van der Waals surface area contributed by atoms with Gasteiger partial charge in [0.1, 0.15) is 0 Å². The molecule has 142 valence electrons. The van der Waals surface area contributed by atoms with Crippen LogP contribution in [0.1, 0.15) is 42.1 Å². The van der Waals surface area contributed by atoms with Crippen LogP contribution in [0.2, 0.25) is 0 Å². The van der Waals surface area contributed by atoms with Crippen LogP contribution in [0.4, 0.5) is 0 Å². The fraction of sp³-hybridized carbons (Fsp3) is 0.350. The third kappa shape index (κ3) is 5.44. The number of ketones is 1. The molecule has 0 aliphatic carbocycles. The van der Waals surface area contributed by atoms with E-state index in [1.54, 1.807) is 50.5 Å². The minimum atomic E-state index is -1.25. The second-order valence-corrected chi connectivity index (χ2v) is 5.74. The summed E-state index contributed by atoms with van der Waals surface area (Å²) in [6.45, 7) is 3.54. The van der Waals surface area contributed by atoms with Crippen molar-refractivity contribution in [2.24, 2.45) is 5.92 Å². The standard InChI is InChI=1S/C20H22N2O5/c1-3-26-19(24)18(20(25)27-4-2)16(14-7-5-9-21-12-14)11-17(23)15-8-6-10-22-13-15/h5-10,12-13,16,18H,3-4,11H2,1-2H3/t16-/m1/s1. The van der Waals surface area contributed by atoms with E-state index in [4.69, 9.17) is 9.47 Å². The molecule has 0 saturated carbocycles. The average Bonchev–Trinajstić information content (AvgIpc) is 2.69. The Morgan fingerprint density at radius 2 is 1.52 bits per heavy atom. The number of aromatic nitrogens is 2. The van der Waals surface area contributed by atoms with Crippen LogP contribution in [0, 0.1) is 5.92 Å². The molecule has 0 amide bonds. The van der Waals surface area contributed by atoms with Crippen LogP contribution in [-0.2, 0) is 19.1 Å². The zero-order valence-electron chi connectivity index (χ0n) is 15.3. The average molecular weight is 370 g/mol. The van der Waals surface area contributed by atoms with Gasteiger partial charge >= 0.3 is 11.9 Å². The quantitative estimate of drug-likeness (QED) is 0.380. The zero-order chi connectivity index (χ0) is 19.6. The molecule has 7 heteroatoms. The monoisotopic (exact) mass is 370 g/mol. The highest BCUT2D eigenvalue weighted by Gasteiger charge is 2.39. The Bertz CT molecular complexity index is 746. The van der Waals surface area contributed by atoms with Gasteiger partial charge in [-0.2, -0.15) is 0 Å². The highest BCUT2D eigenvalue weighted by Crippen LogP contribution is 2.31. The van der Waals surface area contributed by atoms with E-state index < -0.39 is 23.8 Å². The van der Waals surface area contributed by atoms with Gasteiger partial charge in [0.15, 0.2) is 11.7 Å². The number of esters is 2. The first-order chi connectivity index (χ1) is 13.1. The fourth-order valence-corrected chi connectivity index (χ4v) is 2.76. The van der Waals surface area contributed by atoms with E-state index >= 15 is 0 Å². The summed E-state index contributed by atoms with van der Waals surface area (Å²) >= 11 is 0. The van der Waals surface area contributed by atoms with E-state index in [2.05, 4.69) is 9.97 Å². The molecular formula is C20H22N2O5. The van der Waals surface area contributed by atoms with Crippen LogP contribution < -0.4 is 0 Å². The SMILES string of the molecule is CCOC(=O)C(C(=O)OCC)[C@H](CC(=O)c1cccnc1)c1cccnc1. The van der Waals surface area contributed by atoms with Crippen LogP contribution in [0.15, 0.2) is 49.1 Å². The summed E-state index contributed by atoms with van der Waals surface area (Å²) in [6, 6.07) is 6.70. The lowest BCUT2D eigenvalue weighted by atomic mass is 9.82. The summed E-state index contributed by atoms with van der Waals surface area (Å²) in [4.78, 5) is 45.8. The number of hydrogen-bond donors (Lipinski definition) is 0. The molecule has 0 fully saturated rings. The van der Waals surface area contributed by atoms with Gasteiger partial charge < -0.3 is 9.47 Å². The highest BCUT2D eigenvalue weighted by molar-refractivity contribution is 6.00. The van der Waals surface area contributed by atoms with Gasteiger partial charge in [-0.25, -0.2) is 0 Å². The van der Waals surface area contributed by atoms with Gasteiger partial charge in [0.05, 0.1) is 13.2 Å². The smallest absolute Gasteiger partial charge is 0.320 e. The van der Waals surface area contributed by atoms with E-state index in [0.717, 1.165) is 0 Å². The number of rotatable bonds is 9. The van der Waals surface area contributed by atoms with E-state index in [9.17, 15) is 14.4 Å². The predicted octanol–water partition coefficient (Wildman–Crippen LogP) is 2.58. The minimum Gasteiger partial charge on any atom is -0.465 e. The number of carbonyl (C=O) groups is 3. The van der Waals surface area contributed by atoms with Crippen molar-refractivity contribution < 1.29 is 23.9 Å². The molecule has 2 aromatic rings. The van der Waals surface area contributed by atoms with E-state index in [1.165, 1.54) is 12.4 Å². The number of nitrogens with zero attached hydrogens (tertiary/aromatic N) is 2. The molecule has 0 bridgehead atoms. The molecule has 0 saturated heterocycles. The summed E-state index contributed by atoms with van der Waals surface area (Å²) in [6.07, 6.45) is 6.04. The lowest BCUT2D eigenvalue weighted by Gasteiger charge is -2.24. The van der Waals surface area contributed by atoms with Crippen molar-refractivity contribution in [2.75, 3.05) is 13.2 Å². The molecule has 0 spiro atoms. The predicted molar refractivity (Wildman–Crippen MR) is 96.9 cm³/mol. The lowest BCUT2D eigenvalue weighted by molar-refractivity contribution is -0.162. The second kappa shape index (κ2) is 10.2. The summed E-state index contributed by atoms with van der Waals surface area (Å²) in [5.41, 5.74) is 0.985. The Hall–Kier alpha value is -3.09. The summed E-state index contributed by atoms with van der Waals surface area (Å²) < 4.78 is 10.2. The summed E-state index contributed by atoms with van der Waals surface area (Å²) in [5, 5.41) is 0. The van der Waals surface area contributed by atoms with Crippen LogP contribution in [0.3, 0.4) is 0 Å². The van der Waals surface area contributed by atoms with Gasteiger partial charge in [-0.1, -0.05) is 6.07 Å². The van der Waals surface area contributed by atoms with Crippen molar-refractivity contribution in [3.8, 4) is 0 Å². The maximum Gasteiger partial charge on any atom is 0.320 e. The van der Waals surface area contributed by atoms with Crippen LogP contribution in [0.25, 0.3) is 0 Å². The fourth-order valence-electron chi connectivity index (χ4n) is 2.76. The number of ether oxygens (including phenoxy) is 2. The number of carbonyl (C=O) groups excluding carboxylic acids is 3. The molecule has 0 aliphatic rings. The Labute approximate surface area is 157 Å². The van der Waals surface area contributed by atoms with Gasteiger partial charge in [0, 0.05) is 42.7 Å². The lowest BCUT2D eigenvalue weighted by Crippen LogP contribution is -2.34. The van der Waals surface area contributed by atoms with Gasteiger partial charge in [-0.15, -0.1) is 0 Å². The molecule has 0 radical (unpaired) electrons. The van der Waals surface area contributed by atoms with Gasteiger partial charge in [0.2, 0.25) is 0 Å². The first-order valence-electron chi connectivity index (χ1n) is 8.74. The topological polar surface area (TPSA) is 95.5 Å². The molecule has 0 unspecified atom stereocenters. The summed E-state index contributed by atoms with van der Waals surface area (Å²) in [5.74, 6) is -3.69. The number of pyridine rings is 2. The maximum absolute atomic E-state index is 12.7. The third-order valence-corrected chi connectivity index (χ3v) is 3.98. The maximum atomic E-state index is 12.7. The minimum absolute atomic E-state index is 0.0836. The molecule has 0 N–H and O–H groups in total. The molecule has 0 aliphatic heterocycles. The molecule has 0 aromatic carbocycles. The zero-order valence-corrected chi connectivity index (χ0v) is 15.3. The van der Waals surface area contributed by atoms with Crippen LogP contribution in [0.5, 0.6) is 0 Å². The highest BCUT2D eigenvalue weighted by atomic mass is 16.6. The van der Waals surface area contributed by atoms with Gasteiger partial charge in [0.25, 0.3) is 0 Å². The second-order valence-electron chi connectivity index (χ2n) is 5.74. The first-order valence-corrected chi connectivity index (χ1v) is 8.74. The Balaban J connectivity index is 2.40. The Morgan fingerprint density at radius 3 is 2.00 bits per heavy atom. The largest absolute Gasteiger partial charge is 0.465 e. The van der Waals surface area contributed by atoms with Gasteiger partial charge in [-0.05, 0) is 37.6 Å². The van der Waals surface area contributed by atoms with Crippen LogP contribution in [-0.4, -0.2) is 40.9 Å². The van der Waals surface area contributed by atoms with E-state index in [-0.39, 0.29) is 25.4 Å². The molecule has 2 heterocycles. The summed E-state index contributed by atoms with van der Waals surface area (Å²) in [7, 11) is 0. The molecule has 2 aromatic heterocycles. The van der Waals surface area contributed by atoms with E-state index in [0.29, 0.717) is 11.1 Å². The molecule has 1 atom stereocenters. The van der Waals surface area contributed by atoms with Crippen molar-refractivity contribution in [2.45, 2.75) is 26.2 Å². The van der Waals surface area contributed by atoms with Crippen molar-refractivity contribution >= 4 is 17.7 Å². The van der Waals surface area contributed by atoms with Crippen molar-refractivity contribution in [1.29, 1.82) is 0 Å². The van der Waals surface area contributed by atoms with Crippen molar-refractivity contribution in [3.63, 3.8) is 0 Å². The Morgan fingerprint density at radius 1 is 0.926 bits per heavy atom. The number of hydrogen-bond acceptors (Lipinski definition) is 7.